The summed E-state index contributed by atoms with van der Waals surface area (Å²) in [6, 6.07) is 1.04. The number of piperazine rings is 1. The van der Waals surface area contributed by atoms with Gasteiger partial charge in [0.05, 0.1) is 10.5 Å². The average Bonchev–Trinajstić information content (AvgIpc) is 2.81. The van der Waals surface area contributed by atoms with Crippen LogP contribution in [0.4, 0.5) is 9.18 Å². The summed E-state index contributed by atoms with van der Waals surface area (Å²) in [4.78, 5) is 31.0. The molecule has 1 atom stereocenters. The van der Waals surface area contributed by atoms with Crippen LogP contribution in [-0.4, -0.2) is 91.8 Å². The molecule has 31 heavy (non-hydrogen) atoms. The van der Waals surface area contributed by atoms with E-state index in [1.165, 1.54) is 6.07 Å². The second-order valence-electron chi connectivity index (χ2n) is 8.92. The number of ether oxygens (including phenoxy) is 3. The first kappa shape index (κ1) is 23.6. The van der Waals surface area contributed by atoms with Crippen molar-refractivity contribution < 1.29 is 28.2 Å². The normalized spacial score (nSPS) is 18.8. The summed E-state index contributed by atoms with van der Waals surface area (Å²) < 4.78 is 32.0. The summed E-state index contributed by atoms with van der Waals surface area (Å²) in [7, 11) is 3.82. The number of halogens is 2. The van der Waals surface area contributed by atoms with Crippen LogP contribution in [0.5, 0.6) is 11.5 Å². The minimum Gasteiger partial charge on any atom is -0.491 e. The third-order valence-corrected chi connectivity index (χ3v) is 5.54. The summed E-state index contributed by atoms with van der Waals surface area (Å²) in [5.41, 5.74) is -0.540. The van der Waals surface area contributed by atoms with Crippen LogP contribution in [0.2, 0.25) is 0 Å². The van der Waals surface area contributed by atoms with Gasteiger partial charge in [0.1, 0.15) is 30.1 Å². The number of benzene rings is 1. The Labute approximate surface area is 190 Å². The van der Waals surface area contributed by atoms with Gasteiger partial charge in [0.25, 0.3) is 5.91 Å². The molecule has 8 nitrogen and oxygen atoms in total. The molecule has 1 aromatic carbocycles. The zero-order valence-corrected chi connectivity index (χ0v) is 20.1. The molecule has 0 radical (unpaired) electrons. The number of carbonyl (C=O) groups excluding carboxylic acids is 2. The van der Waals surface area contributed by atoms with Gasteiger partial charge in [-0.05, 0) is 56.9 Å². The van der Waals surface area contributed by atoms with Gasteiger partial charge in [-0.2, -0.15) is 0 Å². The van der Waals surface area contributed by atoms with Gasteiger partial charge in [0.15, 0.2) is 11.6 Å². The highest BCUT2D eigenvalue weighted by Crippen LogP contribution is 2.40. The monoisotopic (exact) mass is 501 g/mol. The number of hydrogen-bond donors (Lipinski definition) is 0. The van der Waals surface area contributed by atoms with Crippen molar-refractivity contribution in [3.63, 3.8) is 0 Å². The van der Waals surface area contributed by atoms with E-state index in [2.05, 4.69) is 15.9 Å². The van der Waals surface area contributed by atoms with Crippen LogP contribution in [-0.2, 0) is 4.74 Å². The van der Waals surface area contributed by atoms with Crippen molar-refractivity contribution in [3.8, 4) is 11.5 Å². The Morgan fingerprint density at radius 2 is 2.06 bits per heavy atom. The molecule has 3 rings (SSSR count). The lowest BCUT2D eigenvalue weighted by Gasteiger charge is -2.40. The standard InChI is InChI=1S/C21H29BrFN3O5/c1-21(2,3)31-20(28)25-6-7-26-13(11-25)12-30-18-16(19(26)27)15(10-14(22)17(18)23)29-9-8-24(4)5/h10,13H,6-9,11-12H2,1-5H3/t13-/m1/s1. The number of amides is 2. The van der Waals surface area contributed by atoms with E-state index in [1.54, 1.807) is 30.6 Å². The number of fused-ring (bicyclic) bond motifs is 2. The number of hydrogen-bond acceptors (Lipinski definition) is 6. The molecule has 2 amide bonds. The molecule has 0 bridgehead atoms. The van der Waals surface area contributed by atoms with Crippen molar-refractivity contribution in [2.45, 2.75) is 32.4 Å². The fraction of sp³-hybridized carbons (Fsp3) is 0.619. The van der Waals surface area contributed by atoms with Gasteiger partial charge in [-0.3, -0.25) is 4.79 Å². The van der Waals surface area contributed by atoms with Gasteiger partial charge in [0, 0.05) is 26.2 Å². The lowest BCUT2D eigenvalue weighted by Crippen LogP contribution is -2.58. The average molecular weight is 502 g/mol. The maximum Gasteiger partial charge on any atom is 0.410 e. The van der Waals surface area contributed by atoms with Crippen molar-refractivity contribution >= 4 is 27.9 Å². The maximum absolute atomic E-state index is 14.8. The molecule has 172 valence electrons. The largest absolute Gasteiger partial charge is 0.491 e. The molecule has 0 aromatic heterocycles. The molecule has 0 spiro atoms. The van der Waals surface area contributed by atoms with Gasteiger partial charge >= 0.3 is 6.09 Å². The highest BCUT2D eigenvalue weighted by atomic mass is 79.9. The molecular formula is C21H29BrFN3O5. The molecule has 2 heterocycles. The van der Waals surface area contributed by atoms with Crippen LogP contribution in [0.3, 0.4) is 0 Å². The Morgan fingerprint density at radius 1 is 1.35 bits per heavy atom. The Kier molecular flexibility index (Phi) is 7.00. The van der Waals surface area contributed by atoms with Gasteiger partial charge in [-0.1, -0.05) is 0 Å². The van der Waals surface area contributed by atoms with E-state index >= 15 is 0 Å². The summed E-state index contributed by atoms with van der Waals surface area (Å²) in [5, 5.41) is 0. The highest BCUT2D eigenvalue weighted by Gasteiger charge is 2.40. The summed E-state index contributed by atoms with van der Waals surface area (Å²) in [5.74, 6) is -0.873. The topological polar surface area (TPSA) is 71.6 Å². The van der Waals surface area contributed by atoms with Gasteiger partial charge in [-0.25, -0.2) is 9.18 Å². The molecule has 2 aliphatic heterocycles. The van der Waals surface area contributed by atoms with E-state index in [0.29, 0.717) is 26.2 Å². The van der Waals surface area contributed by atoms with Gasteiger partial charge < -0.3 is 28.9 Å². The summed E-state index contributed by atoms with van der Waals surface area (Å²) in [6.45, 7) is 7.29. The predicted molar refractivity (Wildman–Crippen MR) is 116 cm³/mol. The molecule has 1 aromatic rings. The van der Waals surface area contributed by atoms with Crippen molar-refractivity contribution in [2.24, 2.45) is 0 Å². The minimum absolute atomic E-state index is 0.0581. The molecule has 1 fully saturated rings. The van der Waals surface area contributed by atoms with Crippen LogP contribution in [0.25, 0.3) is 0 Å². The lowest BCUT2D eigenvalue weighted by atomic mass is 10.1. The Hall–Kier alpha value is -2.07. The first-order valence-electron chi connectivity index (χ1n) is 10.2. The maximum atomic E-state index is 14.8. The SMILES string of the molecule is CN(C)CCOc1cc(Br)c(F)c2c1C(=O)N1CCN(C(=O)OC(C)(C)C)C[C@@H]1CO2. The van der Waals surface area contributed by atoms with E-state index in [-0.39, 0.29) is 40.6 Å². The van der Waals surface area contributed by atoms with E-state index in [1.807, 2.05) is 19.0 Å². The second-order valence-corrected chi connectivity index (χ2v) is 9.77. The van der Waals surface area contributed by atoms with Crippen LogP contribution in [0, 0.1) is 5.82 Å². The number of carbonyl (C=O) groups is 2. The predicted octanol–water partition coefficient (Wildman–Crippen LogP) is 2.98. The van der Waals surface area contributed by atoms with E-state index in [0.717, 1.165) is 0 Å². The Morgan fingerprint density at radius 3 is 2.71 bits per heavy atom. The van der Waals surface area contributed by atoms with Gasteiger partial charge in [-0.15, -0.1) is 0 Å². The van der Waals surface area contributed by atoms with Crippen molar-refractivity contribution in [1.29, 1.82) is 0 Å². The zero-order valence-electron chi connectivity index (χ0n) is 18.5. The second kappa shape index (κ2) is 9.20. The highest BCUT2D eigenvalue weighted by molar-refractivity contribution is 9.10. The first-order chi connectivity index (χ1) is 14.5. The fourth-order valence-corrected chi connectivity index (χ4v) is 3.84. The molecule has 0 aliphatic carbocycles. The van der Waals surface area contributed by atoms with Crippen LogP contribution in [0.1, 0.15) is 31.1 Å². The molecular weight excluding hydrogens is 473 g/mol. The van der Waals surface area contributed by atoms with Crippen LogP contribution < -0.4 is 9.47 Å². The third kappa shape index (κ3) is 5.41. The number of rotatable bonds is 4. The smallest absolute Gasteiger partial charge is 0.410 e. The molecule has 0 N–H and O–H groups in total. The molecule has 1 saturated heterocycles. The van der Waals surface area contributed by atoms with Crippen molar-refractivity contribution in [3.05, 3.63) is 21.9 Å². The molecule has 10 heteroatoms. The molecule has 2 aliphatic rings. The van der Waals surface area contributed by atoms with Crippen molar-refractivity contribution in [1.82, 2.24) is 14.7 Å². The quantitative estimate of drug-likeness (QED) is 0.631. The zero-order chi connectivity index (χ0) is 22.9. The number of likely N-dealkylation sites (N-methyl/N-ethyl adjacent to an activating group) is 1. The number of nitrogens with zero attached hydrogens (tertiary/aromatic N) is 3. The molecule has 0 unspecified atom stereocenters. The minimum atomic E-state index is -0.646. The third-order valence-electron chi connectivity index (χ3n) is 4.97. The first-order valence-corrected chi connectivity index (χ1v) is 11.0. The van der Waals surface area contributed by atoms with Gasteiger partial charge in [0.2, 0.25) is 0 Å². The van der Waals surface area contributed by atoms with Crippen molar-refractivity contribution in [2.75, 3.05) is 53.5 Å². The van der Waals surface area contributed by atoms with E-state index in [4.69, 9.17) is 14.2 Å². The van der Waals surface area contributed by atoms with E-state index in [9.17, 15) is 14.0 Å². The summed E-state index contributed by atoms with van der Waals surface area (Å²) >= 11 is 3.18. The van der Waals surface area contributed by atoms with Crippen LogP contribution in [0.15, 0.2) is 10.5 Å². The lowest BCUT2D eigenvalue weighted by molar-refractivity contribution is 0.000818. The van der Waals surface area contributed by atoms with E-state index < -0.39 is 23.6 Å². The Balaban J connectivity index is 1.84. The molecule has 0 saturated carbocycles. The fourth-order valence-electron chi connectivity index (χ4n) is 3.45. The van der Waals surface area contributed by atoms with Crippen LogP contribution >= 0.6 is 15.9 Å². The summed E-state index contributed by atoms with van der Waals surface area (Å²) in [6.07, 6.45) is -0.442. The Bertz CT molecular complexity index is 858.